The number of aliphatic imine (C=N–C) groups is 1. The number of hydrogen-bond donors (Lipinski definition) is 0. The molecular formula is C34H29N3O8. The van der Waals surface area contributed by atoms with E-state index in [9.17, 15) is 24.5 Å². The molecule has 1 aliphatic rings. The summed E-state index contributed by atoms with van der Waals surface area (Å²) < 4.78 is 17.0. The smallest absolute Gasteiger partial charge is 0.334 e. The highest BCUT2D eigenvalue weighted by Crippen LogP contribution is 2.36. The molecule has 0 aromatic heterocycles. The second-order valence-electron chi connectivity index (χ2n) is 10.2. The average Bonchev–Trinajstić information content (AvgIpc) is 3.06. The second kappa shape index (κ2) is 14.1. The number of β-lactam (4-membered cyclic amide) rings is 1. The van der Waals surface area contributed by atoms with Crippen LogP contribution < -0.4 is 4.74 Å². The number of carbonyl (C=O) groups is 3. The van der Waals surface area contributed by atoms with Gasteiger partial charge in [-0.3, -0.25) is 29.6 Å². The van der Waals surface area contributed by atoms with Gasteiger partial charge in [-0.1, -0.05) is 72.8 Å². The largest absolute Gasteiger partial charge is 0.489 e. The molecule has 228 valence electrons. The van der Waals surface area contributed by atoms with Crippen molar-refractivity contribution < 1.29 is 33.5 Å². The predicted molar refractivity (Wildman–Crippen MR) is 163 cm³/mol. The molecule has 4 aromatic rings. The Labute approximate surface area is 258 Å². The first-order chi connectivity index (χ1) is 21.8. The van der Waals surface area contributed by atoms with Crippen molar-refractivity contribution in [3.05, 3.63) is 142 Å². The van der Waals surface area contributed by atoms with Gasteiger partial charge in [-0.25, -0.2) is 4.79 Å². The SMILES string of the molecule is CC(=O)O[C@@H]1[C@@H](N=Cc2ccc([N+](=O)[O-])cc2)C(=O)N1C(C(=O)OCc1ccccc1)c1ccc(OCc2ccccc2)cc1. The summed E-state index contributed by atoms with van der Waals surface area (Å²) in [5.41, 5.74) is 2.57. The topological polar surface area (TPSA) is 138 Å². The molecule has 1 heterocycles. The molecule has 5 rings (SSSR count). The summed E-state index contributed by atoms with van der Waals surface area (Å²) in [6, 6.07) is 28.6. The van der Waals surface area contributed by atoms with E-state index in [4.69, 9.17) is 14.2 Å². The highest BCUT2D eigenvalue weighted by atomic mass is 16.6. The van der Waals surface area contributed by atoms with E-state index in [1.807, 2.05) is 48.5 Å². The van der Waals surface area contributed by atoms with Crippen molar-refractivity contribution in [1.29, 1.82) is 0 Å². The summed E-state index contributed by atoms with van der Waals surface area (Å²) in [6.45, 7) is 1.51. The van der Waals surface area contributed by atoms with Crippen LogP contribution in [0.25, 0.3) is 0 Å². The number of hydrogen-bond acceptors (Lipinski definition) is 9. The maximum Gasteiger partial charge on any atom is 0.334 e. The number of likely N-dealkylation sites (tertiary alicyclic amines) is 1. The molecule has 1 amide bonds. The van der Waals surface area contributed by atoms with Gasteiger partial charge in [0, 0.05) is 25.3 Å². The molecule has 1 saturated heterocycles. The minimum absolute atomic E-state index is 0.0313. The molecule has 0 radical (unpaired) electrons. The highest BCUT2D eigenvalue weighted by molar-refractivity contribution is 5.96. The summed E-state index contributed by atoms with van der Waals surface area (Å²) in [4.78, 5) is 55.1. The summed E-state index contributed by atoms with van der Waals surface area (Å²) in [6.07, 6.45) is 0.162. The normalized spacial score (nSPS) is 16.5. The molecule has 0 saturated carbocycles. The van der Waals surface area contributed by atoms with Crippen LogP contribution in [-0.2, 0) is 37.1 Å². The van der Waals surface area contributed by atoms with Crippen LogP contribution in [0, 0.1) is 10.1 Å². The van der Waals surface area contributed by atoms with Gasteiger partial charge in [0.15, 0.2) is 12.1 Å². The number of non-ortho nitro benzene ring substituents is 1. The number of nitro groups is 1. The van der Waals surface area contributed by atoms with E-state index < -0.39 is 41.1 Å². The molecule has 1 unspecified atom stereocenters. The molecule has 11 heteroatoms. The van der Waals surface area contributed by atoms with Gasteiger partial charge in [-0.05, 0) is 46.5 Å². The molecule has 45 heavy (non-hydrogen) atoms. The third kappa shape index (κ3) is 7.57. The number of benzene rings is 4. The van der Waals surface area contributed by atoms with Gasteiger partial charge in [-0.15, -0.1) is 0 Å². The quantitative estimate of drug-likeness (QED) is 0.0707. The Hall–Kier alpha value is -5.84. The first kappa shape index (κ1) is 30.6. The Kier molecular flexibility index (Phi) is 9.58. The van der Waals surface area contributed by atoms with Crippen LogP contribution in [0.5, 0.6) is 5.75 Å². The van der Waals surface area contributed by atoms with E-state index in [0.717, 1.165) is 16.0 Å². The molecule has 3 atom stereocenters. The lowest BCUT2D eigenvalue weighted by Gasteiger charge is -2.46. The predicted octanol–water partition coefficient (Wildman–Crippen LogP) is 5.18. The fraction of sp³-hybridized carbons (Fsp3) is 0.176. The van der Waals surface area contributed by atoms with E-state index >= 15 is 0 Å². The molecule has 0 bridgehead atoms. The van der Waals surface area contributed by atoms with Crippen LogP contribution in [-0.4, -0.2) is 46.2 Å². The van der Waals surface area contributed by atoms with E-state index in [1.165, 1.54) is 37.4 Å². The van der Waals surface area contributed by atoms with Crippen LogP contribution in [0.1, 0.15) is 35.2 Å². The Bertz CT molecular complexity index is 1680. The number of rotatable bonds is 12. The molecule has 0 N–H and O–H groups in total. The highest BCUT2D eigenvalue weighted by Gasteiger charge is 2.55. The fourth-order valence-electron chi connectivity index (χ4n) is 4.73. The van der Waals surface area contributed by atoms with E-state index in [1.54, 1.807) is 36.4 Å². The summed E-state index contributed by atoms with van der Waals surface area (Å²) in [5.74, 6) is -1.41. The number of carbonyl (C=O) groups excluding carboxylic acids is 3. The summed E-state index contributed by atoms with van der Waals surface area (Å²) in [7, 11) is 0. The van der Waals surface area contributed by atoms with E-state index in [2.05, 4.69) is 4.99 Å². The molecule has 11 nitrogen and oxygen atoms in total. The molecule has 4 aromatic carbocycles. The number of ether oxygens (including phenoxy) is 3. The van der Waals surface area contributed by atoms with Gasteiger partial charge >= 0.3 is 11.9 Å². The zero-order valence-corrected chi connectivity index (χ0v) is 24.2. The molecular weight excluding hydrogens is 578 g/mol. The Morgan fingerprint density at radius 3 is 2.07 bits per heavy atom. The maximum atomic E-state index is 13.6. The van der Waals surface area contributed by atoms with Gasteiger partial charge in [0.05, 0.1) is 4.92 Å². The van der Waals surface area contributed by atoms with Crippen LogP contribution >= 0.6 is 0 Å². The minimum atomic E-state index is -1.25. The molecule has 0 spiro atoms. The van der Waals surface area contributed by atoms with Crippen molar-refractivity contribution in [3.8, 4) is 5.75 Å². The van der Waals surface area contributed by atoms with Crippen molar-refractivity contribution in [3.63, 3.8) is 0 Å². The first-order valence-corrected chi connectivity index (χ1v) is 14.0. The Balaban J connectivity index is 1.39. The number of nitrogens with zero attached hydrogens (tertiary/aromatic N) is 3. The number of amides is 1. The number of esters is 2. The molecule has 0 aliphatic carbocycles. The summed E-state index contributed by atoms with van der Waals surface area (Å²) in [5, 5.41) is 11.0. The van der Waals surface area contributed by atoms with Gasteiger partial charge in [0.2, 0.25) is 6.23 Å². The van der Waals surface area contributed by atoms with Gasteiger partial charge in [0.1, 0.15) is 19.0 Å². The lowest BCUT2D eigenvalue weighted by Crippen LogP contribution is -2.67. The van der Waals surface area contributed by atoms with Gasteiger partial charge in [0.25, 0.3) is 11.6 Å². The van der Waals surface area contributed by atoms with Crippen molar-refractivity contribution in [2.45, 2.75) is 38.4 Å². The van der Waals surface area contributed by atoms with Crippen molar-refractivity contribution in [2.24, 2.45) is 4.99 Å². The monoisotopic (exact) mass is 607 g/mol. The second-order valence-corrected chi connectivity index (χ2v) is 10.2. The van der Waals surface area contributed by atoms with Crippen molar-refractivity contribution >= 4 is 29.7 Å². The molecule has 1 fully saturated rings. The Morgan fingerprint density at radius 2 is 1.49 bits per heavy atom. The third-order valence-electron chi connectivity index (χ3n) is 7.00. The Morgan fingerprint density at radius 1 is 0.889 bits per heavy atom. The zero-order valence-electron chi connectivity index (χ0n) is 24.2. The third-order valence-corrected chi connectivity index (χ3v) is 7.00. The van der Waals surface area contributed by atoms with Crippen molar-refractivity contribution in [2.75, 3.05) is 0 Å². The standard InChI is InChI=1S/C34H29N3O8/c1-23(38)45-33-30(35-20-24-12-16-28(17-13-24)37(41)42)32(39)36(33)31(34(40)44-22-26-10-6-3-7-11-26)27-14-18-29(19-15-27)43-21-25-8-4-2-5-9-25/h2-20,30-31,33H,21-22H2,1H3/t30-,31?,33+/m0/s1. The first-order valence-electron chi connectivity index (χ1n) is 14.0. The average molecular weight is 608 g/mol. The lowest BCUT2D eigenvalue weighted by molar-refractivity contribution is -0.384. The van der Waals surface area contributed by atoms with E-state index in [0.29, 0.717) is 23.5 Å². The van der Waals surface area contributed by atoms with E-state index in [-0.39, 0.29) is 12.3 Å². The summed E-state index contributed by atoms with van der Waals surface area (Å²) >= 11 is 0. The van der Waals surface area contributed by atoms with Gasteiger partial charge < -0.3 is 14.2 Å². The van der Waals surface area contributed by atoms with Gasteiger partial charge in [-0.2, -0.15) is 0 Å². The fourth-order valence-corrected chi connectivity index (χ4v) is 4.73. The molecule has 1 aliphatic heterocycles. The van der Waals surface area contributed by atoms with Crippen molar-refractivity contribution in [1.82, 2.24) is 4.90 Å². The minimum Gasteiger partial charge on any atom is -0.489 e. The number of nitro benzene ring substituents is 1. The van der Waals surface area contributed by atoms with Crippen LogP contribution in [0.3, 0.4) is 0 Å². The van der Waals surface area contributed by atoms with Crippen LogP contribution in [0.15, 0.2) is 114 Å². The van der Waals surface area contributed by atoms with Crippen LogP contribution in [0.2, 0.25) is 0 Å². The maximum absolute atomic E-state index is 13.6. The van der Waals surface area contributed by atoms with Crippen LogP contribution in [0.4, 0.5) is 5.69 Å². The lowest BCUT2D eigenvalue weighted by atomic mass is 9.96. The zero-order chi connectivity index (χ0) is 31.8.